The summed E-state index contributed by atoms with van der Waals surface area (Å²) >= 11 is 0. The van der Waals surface area contributed by atoms with Gasteiger partial charge in [-0.25, -0.2) is 9.59 Å². The van der Waals surface area contributed by atoms with Crippen LogP contribution in [0.3, 0.4) is 0 Å². The Kier molecular flexibility index (Phi) is 23.8. The van der Waals surface area contributed by atoms with E-state index in [0.717, 1.165) is 73.0 Å². The highest BCUT2D eigenvalue weighted by Crippen LogP contribution is 2.64. The molecule has 0 spiro atoms. The molecule has 0 heterocycles. The Morgan fingerprint density at radius 2 is 0.500 bits per heavy atom. The van der Waals surface area contributed by atoms with Crippen molar-refractivity contribution in [3.8, 4) is 0 Å². The van der Waals surface area contributed by atoms with Gasteiger partial charge in [-0.1, -0.05) is 41.5 Å². The second kappa shape index (κ2) is 30.1. The van der Waals surface area contributed by atoms with Gasteiger partial charge in [0.15, 0.2) is 13.2 Å². The van der Waals surface area contributed by atoms with Crippen molar-refractivity contribution in [2.24, 2.45) is 116 Å². The molecule has 0 unspecified atom stereocenters. The van der Waals surface area contributed by atoms with E-state index < -0.39 is 21.7 Å². The molecule has 16 rings (SSSR count). The van der Waals surface area contributed by atoms with Crippen LogP contribution in [0.15, 0.2) is 0 Å². The summed E-state index contributed by atoms with van der Waals surface area (Å²) in [5.41, 5.74) is -3.28. The zero-order chi connectivity index (χ0) is 70.1. The first-order valence-corrected chi connectivity index (χ1v) is 38.7. The molecule has 0 amide bonds. The summed E-state index contributed by atoms with van der Waals surface area (Å²) in [6.07, 6.45) is 29.9. The Hall–Kier alpha value is -4.24. The van der Waals surface area contributed by atoms with Crippen molar-refractivity contribution in [2.75, 3.05) is 26.4 Å². The van der Waals surface area contributed by atoms with E-state index in [9.17, 15) is 38.4 Å². The van der Waals surface area contributed by atoms with Gasteiger partial charge in [0.1, 0.15) is 35.6 Å². The van der Waals surface area contributed by atoms with Crippen LogP contribution >= 0.6 is 0 Å². The van der Waals surface area contributed by atoms with Crippen LogP contribution < -0.4 is 0 Å². The van der Waals surface area contributed by atoms with Crippen LogP contribution in [0.4, 0.5) is 0 Å². The zero-order valence-corrected chi connectivity index (χ0v) is 62.4. The van der Waals surface area contributed by atoms with Crippen molar-refractivity contribution < 1.29 is 76.3 Å². The van der Waals surface area contributed by atoms with Crippen LogP contribution in [0, 0.1) is 116 Å². The molecule has 16 saturated carbocycles. The van der Waals surface area contributed by atoms with Crippen LogP contribution in [0.5, 0.6) is 0 Å². The third-order valence-electron chi connectivity index (χ3n) is 28.4. The lowest BCUT2D eigenvalue weighted by atomic mass is 9.49. The topological polar surface area (TPSA) is 210 Å². The highest BCUT2D eigenvalue weighted by atomic mass is 16.6. The van der Waals surface area contributed by atoms with E-state index in [-0.39, 0.29) is 109 Å². The molecule has 16 heteroatoms. The van der Waals surface area contributed by atoms with Crippen molar-refractivity contribution in [3.63, 3.8) is 0 Å². The fourth-order valence-corrected chi connectivity index (χ4v) is 21.3. The van der Waals surface area contributed by atoms with Gasteiger partial charge in [-0.15, -0.1) is 0 Å². The fourth-order valence-electron chi connectivity index (χ4n) is 21.3. The molecule has 16 bridgehead atoms. The monoisotopic (exact) mass is 1340 g/mol. The molecule has 16 aliphatic rings. The predicted octanol–water partition coefficient (Wildman–Crippen LogP) is 16.5. The normalized spacial score (nSPS) is 37.3. The SMILES string of the molecule is CCC(C)(C)C(=O)OCC(=O)OC1(C)C2CC3CC(C2)CC1C3.CCC(C)(C)C(=O)OCC(=O)OC1(CC)C2CC3CC(C2)CC1C3.CCC(C)(C)C(=O)OCCC(=O)OC1(C)C2CC3CC(C2)CC1C3.CCC(C)(C)C(=O)OCCC(=O)OC1(CC)C2CC3CC(C2)CC1C3. The van der Waals surface area contributed by atoms with E-state index in [1.165, 1.54) is 128 Å². The minimum atomic E-state index is -0.550. The van der Waals surface area contributed by atoms with Crippen molar-refractivity contribution in [1.29, 1.82) is 0 Å². The molecule has 544 valence electrons. The highest BCUT2D eigenvalue weighted by Gasteiger charge is 2.62. The molecule has 16 nitrogen and oxygen atoms in total. The predicted molar refractivity (Wildman–Crippen MR) is 365 cm³/mol. The van der Waals surface area contributed by atoms with Gasteiger partial charge < -0.3 is 37.9 Å². The molecule has 96 heavy (non-hydrogen) atoms. The molecule has 0 aromatic rings. The van der Waals surface area contributed by atoms with Crippen molar-refractivity contribution in [3.05, 3.63) is 0 Å². The van der Waals surface area contributed by atoms with Crippen molar-refractivity contribution in [2.45, 2.75) is 313 Å². The number of hydrogen-bond acceptors (Lipinski definition) is 16. The van der Waals surface area contributed by atoms with E-state index in [2.05, 4.69) is 27.7 Å². The van der Waals surface area contributed by atoms with Gasteiger partial charge in [-0.05, 0) is 331 Å². The van der Waals surface area contributed by atoms with Crippen LogP contribution in [-0.4, -0.2) is 96.6 Å². The average Bonchev–Trinajstić information content (AvgIpc) is 0.745. The maximum absolute atomic E-state index is 12.5. The molecular formula is C80H128O16. The van der Waals surface area contributed by atoms with Gasteiger partial charge in [0.2, 0.25) is 0 Å². The number of carbonyl (C=O) groups excluding carboxylic acids is 8. The lowest BCUT2D eigenvalue weighted by Crippen LogP contribution is -2.59. The van der Waals surface area contributed by atoms with Gasteiger partial charge in [-0.2, -0.15) is 0 Å². The third-order valence-corrected chi connectivity index (χ3v) is 28.4. The highest BCUT2D eigenvalue weighted by molar-refractivity contribution is 5.81. The third kappa shape index (κ3) is 16.4. The van der Waals surface area contributed by atoms with Crippen LogP contribution in [0.2, 0.25) is 0 Å². The van der Waals surface area contributed by atoms with Gasteiger partial charge in [0.25, 0.3) is 0 Å². The maximum Gasteiger partial charge on any atom is 0.344 e. The lowest BCUT2D eigenvalue weighted by molar-refractivity contribution is -0.215. The van der Waals surface area contributed by atoms with E-state index in [1.54, 1.807) is 0 Å². The molecule has 0 aromatic heterocycles. The molecule has 0 radical (unpaired) electrons. The summed E-state index contributed by atoms with van der Waals surface area (Å²) in [6, 6.07) is 0. The molecular weight excluding hydrogens is 1220 g/mol. The number of ether oxygens (including phenoxy) is 8. The maximum atomic E-state index is 12.5. The van der Waals surface area contributed by atoms with Gasteiger partial charge >= 0.3 is 47.8 Å². The summed E-state index contributed by atoms with van der Waals surface area (Å²) in [4.78, 5) is 97.5. The standard InChI is InChI=1S/C21H34O4.2C20H32O4.C19H30O4/c1-5-20(3,4)19(23)24-8-7-18(22)25-21(6-2)16-10-14-9-15(12-16)13-17(21)11-14;1-5-19(2,3)18(22)23-7-6-17(21)24-20(4)15-9-13-8-14(11-15)12-16(20)10-13;1-5-19(3,4)18(22)23-12-17(21)24-20(6-2)15-8-13-7-14(10-15)11-16(20)9-13;1-5-18(2,3)17(21)22-11-16(20)23-19(4)14-7-12-6-13(9-14)10-15(19)8-12/h14-17H,5-13H2,1-4H3;2*13-16H,5-12H2,1-4H3;12-15H,5-11H2,1-4H3. The Labute approximate surface area is 577 Å². The number of carbonyl (C=O) groups is 8. The van der Waals surface area contributed by atoms with Gasteiger partial charge in [0.05, 0.1) is 34.5 Å². The van der Waals surface area contributed by atoms with Gasteiger partial charge in [0, 0.05) is 0 Å². The second-order valence-electron chi connectivity index (χ2n) is 36.0. The van der Waals surface area contributed by atoms with E-state index >= 15 is 0 Å². The lowest BCUT2D eigenvalue weighted by Gasteiger charge is -2.60. The second-order valence-corrected chi connectivity index (χ2v) is 36.0. The quantitative estimate of drug-likeness (QED) is 0.0650. The van der Waals surface area contributed by atoms with E-state index in [4.69, 9.17) is 37.9 Å². The molecule has 0 aliphatic heterocycles. The van der Waals surface area contributed by atoms with Crippen LogP contribution in [0.25, 0.3) is 0 Å². The summed E-state index contributed by atoms with van der Waals surface area (Å²) < 4.78 is 45.0. The molecule has 16 aliphatic carbocycles. The van der Waals surface area contributed by atoms with Gasteiger partial charge in [-0.3, -0.25) is 28.8 Å². The Morgan fingerprint density at radius 3 is 0.750 bits per heavy atom. The Bertz CT molecular complexity index is 2660. The largest absolute Gasteiger partial charge is 0.465 e. The van der Waals surface area contributed by atoms with Crippen LogP contribution in [-0.2, 0) is 76.3 Å². The molecule has 0 aromatic carbocycles. The van der Waals surface area contributed by atoms with Crippen molar-refractivity contribution in [1.82, 2.24) is 0 Å². The van der Waals surface area contributed by atoms with E-state index in [0.29, 0.717) is 60.2 Å². The molecule has 0 N–H and O–H groups in total. The number of esters is 8. The minimum Gasteiger partial charge on any atom is -0.465 e. The summed E-state index contributed by atoms with van der Waals surface area (Å²) in [7, 11) is 0. The first-order chi connectivity index (χ1) is 45.1. The zero-order valence-electron chi connectivity index (χ0n) is 62.4. The van der Waals surface area contributed by atoms with Crippen molar-refractivity contribution >= 4 is 47.8 Å². The Morgan fingerprint density at radius 1 is 0.292 bits per heavy atom. The fraction of sp³-hybridized carbons (Fsp3) is 0.900. The first kappa shape index (κ1) is 76.0. The first-order valence-electron chi connectivity index (χ1n) is 38.7. The van der Waals surface area contributed by atoms with E-state index in [1.807, 2.05) is 83.1 Å². The summed E-state index contributed by atoms with van der Waals surface area (Å²) in [5.74, 6) is 8.63. The molecule has 0 saturated heterocycles. The van der Waals surface area contributed by atoms with Crippen LogP contribution in [0.1, 0.15) is 291 Å². The minimum absolute atomic E-state index is 0.123. The number of hydrogen-bond donors (Lipinski definition) is 0. The number of rotatable bonds is 24. The molecule has 16 fully saturated rings. The summed E-state index contributed by atoms with van der Waals surface area (Å²) in [5, 5.41) is 0. The Balaban J connectivity index is 0.000000150. The molecule has 0 atom stereocenters. The average molecular weight is 1350 g/mol. The smallest absolute Gasteiger partial charge is 0.344 e. The summed E-state index contributed by atoms with van der Waals surface area (Å²) in [6.45, 7) is 30.9.